The van der Waals surface area contributed by atoms with Crippen LogP contribution in [0.5, 0.6) is 0 Å². The summed E-state index contributed by atoms with van der Waals surface area (Å²) in [6.45, 7) is 0.756. The number of aliphatic hydroxyl groups is 1. The van der Waals surface area contributed by atoms with Crippen LogP contribution in [0, 0.1) is 11.6 Å². The van der Waals surface area contributed by atoms with Crippen molar-refractivity contribution in [1.29, 1.82) is 0 Å². The molecule has 0 radical (unpaired) electrons. The SMILES string of the molecule is CC(n1ncc2c3c(c(NC(=O)c4cc(F)cc(C(F)(F)F)c4)cc21)C(O)(c1cc(F)ccc1Cl)NC3=O)C(F)(F)F. The number of halogens is 9. The van der Waals surface area contributed by atoms with Crippen LogP contribution >= 0.6 is 11.6 Å². The standard InChI is InChI=1S/C26H15ClF8N4O3/c1-10(25(30,31)32)39-19-8-18(37-22(40)11-4-12(26(33,34)35)6-14(29)5-11)21-20(15(19)9-36-39)23(41)38-24(21,42)16-7-13(28)2-3-17(16)27/h2-10,42H,1H3,(H,37,40)(H,38,41). The second kappa shape index (κ2) is 9.66. The molecular formula is C26H15ClF8N4O3. The fraction of sp³-hybridized carbons (Fsp3) is 0.192. The molecule has 42 heavy (non-hydrogen) atoms. The number of hydrogen-bond acceptors (Lipinski definition) is 4. The zero-order chi connectivity index (χ0) is 30.9. The lowest BCUT2D eigenvalue weighted by atomic mass is 9.91. The molecule has 3 N–H and O–H groups in total. The van der Waals surface area contributed by atoms with Crippen LogP contribution in [0.15, 0.2) is 48.7 Å². The molecule has 0 saturated carbocycles. The molecule has 5 rings (SSSR count). The van der Waals surface area contributed by atoms with Crippen molar-refractivity contribution in [3.05, 3.63) is 93.1 Å². The number of benzene rings is 3. The highest BCUT2D eigenvalue weighted by molar-refractivity contribution is 6.31. The van der Waals surface area contributed by atoms with E-state index in [1.807, 2.05) is 0 Å². The van der Waals surface area contributed by atoms with Crippen molar-refractivity contribution < 1.29 is 49.8 Å². The van der Waals surface area contributed by atoms with E-state index >= 15 is 0 Å². The van der Waals surface area contributed by atoms with Gasteiger partial charge in [-0.05, 0) is 49.4 Å². The molecule has 220 valence electrons. The van der Waals surface area contributed by atoms with Gasteiger partial charge in [-0.25, -0.2) is 8.78 Å². The summed E-state index contributed by atoms with van der Waals surface area (Å²) in [7, 11) is 0. The number of amides is 2. The zero-order valence-corrected chi connectivity index (χ0v) is 21.5. The summed E-state index contributed by atoms with van der Waals surface area (Å²) in [6.07, 6.45) is -8.96. The monoisotopic (exact) mass is 618 g/mol. The molecule has 0 aliphatic carbocycles. The van der Waals surface area contributed by atoms with E-state index in [9.17, 15) is 49.8 Å². The molecule has 2 amide bonds. The summed E-state index contributed by atoms with van der Waals surface area (Å²) in [6, 6.07) is 2.31. The first-order valence-corrected chi connectivity index (χ1v) is 12.1. The number of alkyl halides is 6. The van der Waals surface area contributed by atoms with Gasteiger partial charge in [-0.3, -0.25) is 14.3 Å². The molecule has 16 heteroatoms. The maximum absolute atomic E-state index is 14.2. The minimum Gasteiger partial charge on any atom is -0.363 e. The van der Waals surface area contributed by atoms with Gasteiger partial charge in [0.15, 0.2) is 5.72 Å². The van der Waals surface area contributed by atoms with E-state index in [0.29, 0.717) is 16.8 Å². The van der Waals surface area contributed by atoms with E-state index in [2.05, 4.69) is 15.7 Å². The number of aromatic nitrogens is 2. The normalized spacial score (nSPS) is 17.7. The van der Waals surface area contributed by atoms with Crippen LogP contribution in [0.2, 0.25) is 5.02 Å². The first-order chi connectivity index (χ1) is 19.4. The second-order valence-corrected chi connectivity index (χ2v) is 9.79. The molecule has 0 fully saturated rings. The summed E-state index contributed by atoms with van der Waals surface area (Å²) in [5.74, 6) is -4.81. The van der Waals surface area contributed by atoms with Crippen molar-refractivity contribution in [2.45, 2.75) is 31.0 Å². The molecule has 1 aliphatic rings. The van der Waals surface area contributed by atoms with E-state index in [1.54, 1.807) is 0 Å². The van der Waals surface area contributed by atoms with E-state index < -0.39 is 81.1 Å². The van der Waals surface area contributed by atoms with E-state index in [0.717, 1.165) is 37.4 Å². The Bertz CT molecular complexity index is 1790. The minimum absolute atomic E-state index is 0.144. The van der Waals surface area contributed by atoms with E-state index in [1.165, 1.54) is 0 Å². The Kier molecular flexibility index (Phi) is 6.73. The Morgan fingerprint density at radius 2 is 1.76 bits per heavy atom. The van der Waals surface area contributed by atoms with Gasteiger partial charge >= 0.3 is 12.4 Å². The molecule has 2 unspecified atom stereocenters. The largest absolute Gasteiger partial charge is 0.416 e. The average molecular weight is 619 g/mol. The first kappa shape index (κ1) is 29.3. The van der Waals surface area contributed by atoms with Gasteiger partial charge in [0.1, 0.15) is 17.7 Å². The van der Waals surface area contributed by atoms with Crippen LogP contribution in [0.1, 0.15) is 50.4 Å². The molecule has 0 saturated heterocycles. The summed E-state index contributed by atoms with van der Waals surface area (Å²) >= 11 is 6.17. The third kappa shape index (κ3) is 4.81. The highest BCUT2D eigenvalue weighted by Gasteiger charge is 2.48. The van der Waals surface area contributed by atoms with Gasteiger partial charge in [-0.15, -0.1) is 0 Å². The predicted molar refractivity (Wildman–Crippen MR) is 132 cm³/mol. The second-order valence-electron chi connectivity index (χ2n) is 9.38. The van der Waals surface area contributed by atoms with Crippen molar-refractivity contribution in [2.24, 2.45) is 0 Å². The third-order valence-electron chi connectivity index (χ3n) is 6.68. The molecule has 2 atom stereocenters. The molecule has 1 aromatic heterocycles. The van der Waals surface area contributed by atoms with Crippen LogP contribution in [0.25, 0.3) is 10.9 Å². The maximum Gasteiger partial charge on any atom is 0.416 e. The lowest BCUT2D eigenvalue weighted by Gasteiger charge is -2.27. The summed E-state index contributed by atoms with van der Waals surface area (Å²) in [5, 5.41) is 19.3. The Labute approximate surface area is 234 Å². The van der Waals surface area contributed by atoms with Crippen LogP contribution in [0.3, 0.4) is 0 Å². The lowest BCUT2D eigenvalue weighted by Crippen LogP contribution is -2.41. The van der Waals surface area contributed by atoms with E-state index in [-0.39, 0.29) is 22.0 Å². The van der Waals surface area contributed by atoms with Gasteiger partial charge in [0.2, 0.25) is 0 Å². The summed E-state index contributed by atoms with van der Waals surface area (Å²) in [4.78, 5) is 26.3. The average Bonchev–Trinajstić information content (AvgIpc) is 3.42. The molecule has 7 nitrogen and oxygen atoms in total. The number of nitrogens with one attached hydrogen (secondary N) is 2. The molecule has 1 aliphatic heterocycles. The van der Waals surface area contributed by atoms with Crippen molar-refractivity contribution >= 4 is 40.0 Å². The van der Waals surface area contributed by atoms with Gasteiger partial charge in [-0.1, -0.05) is 11.6 Å². The van der Waals surface area contributed by atoms with Crippen molar-refractivity contribution in [3.8, 4) is 0 Å². The minimum atomic E-state index is -5.04. The van der Waals surface area contributed by atoms with Gasteiger partial charge in [0.05, 0.1) is 28.5 Å². The number of anilines is 1. The third-order valence-corrected chi connectivity index (χ3v) is 7.01. The lowest BCUT2D eigenvalue weighted by molar-refractivity contribution is -0.164. The predicted octanol–water partition coefficient (Wildman–Crippen LogP) is 6.30. The number of fused-ring (bicyclic) bond motifs is 3. The Morgan fingerprint density at radius 1 is 1.07 bits per heavy atom. The summed E-state index contributed by atoms with van der Waals surface area (Å²) in [5.41, 5.74) is -7.45. The van der Waals surface area contributed by atoms with Gasteiger partial charge in [0, 0.05) is 27.1 Å². The number of carbonyl (C=O) groups is 2. The maximum atomic E-state index is 14.2. The molecule has 2 heterocycles. The van der Waals surface area contributed by atoms with Gasteiger partial charge in [0.25, 0.3) is 11.8 Å². The highest BCUT2D eigenvalue weighted by atomic mass is 35.5. The molecule has 0 bridgehead atoms. The van der Waals surface area contributed by atoms with Crippen molar-refractivity contribution in [3.63, 3.8) is 0 Å². The van der Waals surface area contributed by atoms with Crippen LogP contribution < -0.4 is 10.6 Å². The molecule has 3 aromatic carbocycles. The highest BCUT2D eigenvalue weighted by Crippen LogP contribution is 2.46. The number of carbonyl (C=O) groups excluding carboxylic acids is 2. The van der Waals surface area contributed by atoms with Crippen molar-refractivity contribution in [2.75, 3.05) is 5.32 Å². The number of nitrogens with zero attached hydrogens (tertiary/aromatic N) is 2. The Hall–Kier alpha value is -4.24. The summed E-state index contributed by atoms with van der Waals surface area (Å²) < 4.78 is 109. The molecule has 4 aromatic rings. The van der Waals surface area contributed by atoms with Crippen LogP contribution in [-0.2, 0) is 11.9 Å². The van der Waals surface area contributed by atoms with E-state index in [4.69, 9.17) is 11.6 Å². The number of rotatable bonds is 4. The fourth-order valence-corrected chi connectivity index (χ4v) is 4.94. The quantitative estimate of drug-likeness (QED) is 0.234. The fourth-order valence-electron chi connectivity index (χ4n) is 4.69. The van der Waals surface area contributed by atoms with Gasteiger partial charge in [-0.2, -0.15) is 31.4 Å². The first-order valence-electron chi connectivity index (χ1n) is 11.7. The molecule has 0 spiro atoms. The zero-order valence-electron chi connectivity index (χ0n) is 20.8. The van der Waals surface area contributed by atoms with Crippen molar-refractivity contribution in [1.82, 2.24) is 15.1 Å². The van der Waals surface area contributed by atoms with Crippen LogP contribution in [0.4, 0.5) is 40.8 Å². The number of hydrogen-bond donors (Lipinski definition) is 3. The van der Waals surface area contributed by atoms with Crippen LogP contribution in [-0.4, -0.2) is 32.9 Å². The Morgan fingerprint density at radius 3 is 2.40 bits per heavy atom. The molecular weight excluding hydrogens is 604 g/mol. The topological polar surface area (TPSA) is 96.2 Å². The smallest absolute Gasteiger partial charge is 0.363 e. The van der Waals surface area contributed by atoms with Gasteiger partial charge < -0.3 is 15.7 Å². The Balaban J connectivity index is 1.77.